The maximum Gasteiger partial charge on any atom is 0.207 e. The van der Waals surface area contributed by atoms with E-state index in [1.54, 1.807) is 12.1 Å². The van der Waals surface area contributed by atoms with E-state index in [-0.39, 0.29) is 0 Å². The maximum absolute atomic E-state index is 12.7. The molecule has 1 heterocycles. The maximum atomic E-state index is 12.7. The number of fused-ring (bicyclic) bond motifs is 1. The summed E-state index contributed by atoms with van der Waals surface area (Å²) in [6, 6.07) is 21.1. The third kappa shape index (κ3) is 4.18. The van der Waals surface area contributed by atoms with Gasteiger partial charge in [0.05, 0.1) is 9.79 Å². The van der Waals surface area contributed by atoms with Gasteiger partial charge in [0.2, 0.25) is 9.84 Å². The molecule has 144 valence electrons. The number of nitrogens with one attached hydrogen (secondary N) is 1. The van der Waals surface area contributed by atoms with Gasteiger partial charge in [-0.1, -0.05) is 53.6 Å². The zero-order valence-electron chi connectivity index (χ0n) is 16.7. The molecule has 4 aromatic rings. The Morgan fingerprint density at radius 2 is 1.21 bits per heavy atom. The molecule has 3 aromatic carbocycles. The summed E-state index contributed by atoms with van der Waals surface area (Å²) in [6.45, 7) is 7.59. The first kappa shape index (κ1) is 19.9. The van der Waals surface area contributed by atoms with Crippen molar-refractivity contribution in [2.75, 3.05) is 0 Å². The van der Waals surface area contributed by atoms with Gasteiger partial charge in [-0.2, -0.15) is 0 Å². The third-order valence-electron chi connectivity index (χ3n) is 4.70. The average Bonchev–Trinajstić information content (AvgIpc) is 3.10. The molecule has 0 aliphatic heterocycles. The van der Waals surface area contributed by atoms with Crippen LogP contribution in [0.15, 0.2) is 82.7 Å². The molecule has 28 heavy (non-hydrogen) atoms. The largest absolute Gasteiger partial charge is 0.361 e. The second kappa shape index (κ2) is 8.03. The predicted octanol–water partition coefficient (Wildman–Crippen LogP) is 5.92. The molecule has 0 amide bonds. The number of para-hydroxylation sites is 1. The smallest absolute Gasteiger partial charge is 0.207 e. The summed E-state index contributed by atoms with van der Waals surface area (Å²) < 4.78 is 25.4. The lowest BCUT2D eigenvalue weighted by molar-refractivity contribution is 0.595. The van der Waals surface area contributed by atoms with E-state index in [4.69, 9.17) is 0 Å². The molecule has 0 aliphatic carbocycles. The van der Waals surface area contributed by atoms with Gasteiger partial charge in [-0.25, -0.2) is 8.42 Å². The molecule has 0 unspecified atom stereocenters. The van der Waals surface area contributed by atoms with E-state index in [1.807, 2.05) is 70.3 Å². The Balaban J connectivity index is 0.000000206. The zero-order chi connectivity index (χ0) is 20.3. The lowest BCUT2D eigenvalue weighted by Crippen LogP contribution is -2.06. The fraction of sp³-hybridized carbons (Fsp3) is 0.167. The first-order valence-corrected chi connectivity index (χ1v) is 10.7. The van der Waals surface area contributed by atoms with E-state index in [9.17, 15) is 8.42 Å². The number of aryl methyl sites for hydroxylation is 4. The van der Waals surface area contributed by atoms with Gasteiger partial charge in [-0.3, -0.25) is 0 Å². The number of aromatic nitrogens is 1. The van der Waals surface area contributed by atoms with E-state index in [0.29, 0.717) is 9.79 Å². The van der Waals surface area contributed by atoms with Gasteiger partial charge in [0.15, 0.2) is 0 Å². The molecular weight excluding hydrogens is 366 g/mol. The van der Waals surface area contributed by atoms with E-state index in [1.165, 1.54) is 10.9 Å². The summed E-state index contributed by atoms with van der Waals surface area (Å²) in [7, 11) is -3.43. The fourth-order valence-electron chi connectivity index (χ4n) is 3.32. The second-order valence-corrected chi connectivity index (χ2v) is 8.99. The third-order valence-corrected chi connectivity index (χ3v) is 6.78. The van der Waals surface area contributed by atoms with Gasteiger partial charge in [0.1, 0.15) is 0 Å². The quantitative estimate of drug-likeness (QED) is 0.461. The minimum absolute atomic E-state index is 0.394. The van der Waals surface area contributed by atoms with Crippen LogP contribution in [0, 0.1) is 27.7 Å². The van der Waals surface area contributed by atoms with E-state index >= 15 is 0 Å². The predicted molar refractivity (Wildman–Crippen MR) is 116 cm³/mol. The molecule has 1 aromatic heterocycles. The summed E-state index contributed by atoms with van der Waals surface area (Å²) in [6.07, 6.45) is 1.95. The van der Waals surface area contributed by atoms with E-state index < -0.39 is 9.84 Å². The van der Waals surface area contributed by atoms with Crippen LogP contribution in [-0.2, 0) is 9.84 Å². The second-order valence-electron chi connectivity index (χ2n) is 7.11. The molecule has 0 atom stereocenters. The van der Waals surface area contributed by atoms with Crippen LogP contribution in [0.5, 0.6) is 0 Å². The number of rotatable bonds is 2. The first-order valence-electron chi connectivity index (χ1n) is 9.21. The zero-order valence-corrected chi connectivity index (χ0v) is 17.5. The first-order chi connectivity index (χ1) is 13.3. The van der Waals surface area contributed by atoms with Crippen molar-refractivity contribution in [2.24, 2.45) is 0 Å². The van der Waals surface area contributed by atoms with Crippen molar-refractivity contribution in [1.82, 2.24) is 4.98 Å². The minimum Gasteiger partial charge on any atom is -0.361 e. The molecule has 3 nitrogen and oxygen atoms in total. The van der Waals surface area contributed by atoms with Crippen LogP contribution < -0.4 is 0 Å². The van der Waals surface area contributed by atoms with Crippen molar-refractivity contribution >= 4 is 20.7 Å². The van der Waals surface area contributed by atoms with Crippen LogP contribution in [0.1, 0.15) is 22.3 Å². The normalized spacial score (nSPS) is 11.1. The summed E-state index contributed by atoms with van der Waals surface area (Å²) in [4.78, 5) is 3.91. The summed E-state index contributed by atoms with van der Waals surface area (Å²) in [5, 5.41) is 1.28. The Labute approximate surface area is 167 Å². The molecule has 0 spiro atoms. The Morgan fingerprint density at radius 3 is 1.71 bits per heavy atom. The summed E-state index contributed by atoms with van der Waals surface area (Å²) in [5.74, 6) is 0. The Kier molecular flexibility index (Phi) is 5.71. The summed E-state index contributed by atoms with van der Waals surface area (Å²) >= 11 is 0. The van der Waals surface area contributed by atoms with Crippen molar-refractivity contribution in [3.05, 3.63) is 95.2 Å². The highest BCUT2D eigenvalue weighted by atomic mass is 32.2. The molecule has 0 saturated carbocycles. The highest BCUT2D eigenvalue weighted by Crippen LogP contribution is 2.27. The number of aromatic amines is 1. The van der Waals surface area contributed by atoms with Crippen LogP contribution in [0.3, 0.4) is 0 Å². The average molecular weight is 392 g/mol. The van der Waals surface area contributed by atoms with Crippen LogP contribution >= 0.6 is 0 Å². The van der Waals surface area contributed by atoms with Gasteiger partial charge in [0.25, 0.3) is 0 Å². The Morgan fingerprint density at radius 1 is 0.679 bits per heavy atom. The minimum atomic E-state index is -3.43. The highest BCUT2D eigenvalue weighted by Gasteiger charge is 2.21. The molecule has 0 radical (unpaired) electrons. The lowest BCUT2D eigenvalue weighted by atomic mass is 10.2. The number of benzene rings is 3. The molecule has 0 saturated heterocycles. The molecule has 0 aliphatic rings. The monoisotopic (exact) mass is 391 g/mol. The highest BCUT2D eigenvalue weighted by molar-refractivity contribution is 7.91. The van der Waals surface area contributed by atoms with Crippen molar-refractivity contribution in [1.29, 1.82) is 0 Å². The fourth-order valence-corrected chi connectivity index (χ4v) is 5.01. The molecular formula is C24H25NO2S. The van der Waals surface area contributed by atoms with Crippen molar-refractivity contribution in [2.45, 2.75) is 37.5 Å². The SMILES string of the molecule is Cc1ccc(S(=O)(=O)c2ccc(C)cc2C)c(C)c1.c1ccc2[nH]ccc2c1. The molecule has 0 bridgehead atoms. The number of H-pyrrole nitrogens is 1. The molecule has 4 heteroatoms. The number of sulfone groups is 1. The van der Waals surface area contributed by atoms with Gasteiger partial charge in [0, 0.05) is 11.7 Å². The van der Waals surface area contributed by atoms with Crippen molar-refractivity contribution in [3.8, 4) is 0 Å². The number of hydrogen-bond donors (Lipinski definition) is 1. The van der Waals surface area contributed by atoms with Gasteiger partial charge < -0.3 is 4.98 Å². The molecule has 4 rings (SSSR count). The van der Waals surface area contributed by atoms with Crippen LogP contribution in [-0.4, -0.2) is 13.4 Å². The van der Waals surface area contributed by atoms with E-state index in [0.717, 1.165) is 22.3 Å². The van der Waals surface area contributed by atoms with Crippen molar-refractivity contribution in [3.63, 3.8) is 0 Å². The topological polar surface area (TPSA) is 49.9 Å². The van der Waals surface area contributed by atoms with Crippen LogP contribution in [0.4, 0.5) is 0 Å². The van der Waals surface area contributed by atoms with Gasteiger partial charge >= 0.3 is 0 Å². The molecule has 1 N–H and O–H groups in total. The summed E-state index contributed by atoms with van der Waals surface area (Å²) in [5.41, 5.74) is 4.92. The van der Waals surface area contributed by atoms with Crippen LogP contribution in [0.2, 0.25) is 0 Å². The molecule has 0 fully saturated rings. The standard InChI is InChI=1S/C16H18O2S.C8H7N/c1-11-5-7-15(13(3)9-11)19(17,18)16-8-6-12(2)10-14(16)4;1-2-4-8-7(3-1)5-6-9-8/h5-10H,1-4H3;1-6,9H. The van der Waals surface area contributed by atoms with Crippen molar-refractivity contribution < 1.29 is 8.42 Å². The van der Waals surface area contributed by atoms with Crippen LogP contribution in [0.25, 0.3) is 10.9 Å². The Hall–Kier alpha value is -2.85. The van der Waals surface area contributed by atoms with Gasteiger partial charge in [-0.05, 0) is 68.5 Å². The Bertz CT molecular complexity index is 1130. The van der Waals surface area contributed by atoms with Gasteiger partial charge in [-0.15, -0.1) is 0 Å². The number of hydrogen-bond acceptors (Lipinski definition) is 2. The lowest BCUT2D eigenvalue weighted by Gasteiger charge is -2.11. The van der Waals surface area contributed by atoms with E-state index in [2.05, 4.69) is 23.2 Å².